The van der Waals surface area contributed by atoms with Crippen molar-refractivity contribution in [3.63, 3.8) is 0 Å². The summed E-state index contributed by atoms with van der Waals surface area (Å²) in [6, 6.07) is 11.6. The van der Waals surface area contributed by atoms with Gasteiger partial charge in [-0.25, -0.2) is 17.5 Å². The van der Waals surface area contributed by atoms with E-state index in [1.54, 1.807) is 29.2 Å². The summed E-state index contributed by atoms with van der Waals surface area (Å²) >= 11 is 0. The van der Waals surface area contributed by atoms with E-state index in [2.05, 4.69) is 15.5 Å². The van der Waals surface area contributed by atoms with Crippen LogP contribution in [0.5, 0.6) is 5.75 Å². The number of hydrogen-bond donors (Lipinski definition) is 0. The average molecular weight is 446 g/mol. The number of piperazine rings is 1. The Morgan fingerprint density at radius 2 is 1.68 bits per heavy atom. The van der Waals surface area contributed by atoms with Gasteiger partial charge in [-0.3, -0.25) is 4.79 Å². The van der Waals surface area contributed by atoms with E-state index < -0.39 is 15.8 Å². The van der Waals surface area contributed by atoms with E-state index in [4.69, 9.17) is 4.74 Å². The van der Waals surface area contributed by atoms with Gasteiger partial charge in [0.05, 0.1) is 10.6 Å². The minimum atomic E-state index is -3.72. The molecule has 1 aliphatic rings. The van der Waals surface area contributed by atoms with Crippen LogP contribution in [-0.4, -0.2) is 76.5 Å². The molecule has 2 heterocycles. The highest BCUT2D eigenvalue weighted by Crippen LogP contribution is 2.19. The minimum Gasteiger partial charge on any atom is -0.484 e. The minimum absolute atomic E-state index is 0.0298. The van der Waals surface area contributed by atoms with Crippen LogP contribution in [-0.2, 0) is 14.8 Å². The van der Waals surface area contributed by atoms with Crippen molar-refractivity contribution in [3.8, 4) is 11.4 Å². The smallest absolute Gasteiger partial charge is 0.260 e. The predicted octanol–water partition coefficient (Wildman–Crippen LogP) is 0.713. The first-order valence-electron chi connectivity index (χ1n) is 9.43. The predicted molar refractivity (Wildman–Crippen MR) is 106 cm³/mol. The highest BCUT2D eigenvalue weighted by atomic mass is 32.2. The van der Waals surface area contributed by atoms with E-state index in [0.717, 1.165) is 17.8 Å². The van der Waals surface area contributed by atoms with Crippen LogP contribution in [0.25, 0.3) is 5.69 Å². The number of carbonyl (C=O) groups excluding carboxylic acids is 1. The van der Waals surface area contributed by atoms with Crippen molar-refractivity contribution in [3.05, 3.63) is 60.7 Å². The number of tetrazole rings is 1. The van der Waals surface area contributed by atoms with E-state index >= 15 is 0 Å². The van der Waals surface area contributed by atoms with Crippen LogP contribution in [0.3, 0.4) is 0 Å². The van der Waals surface area contributed by atoms with Gasteiger partial charge in [0, 0.05) is 26.2 Å². The normalized spacial score (nSPS) is 15.1. The Balaban J connectivity index is 1.29. The first kappa shape index (κ1) is 20.9. The van der Waals surface area contributed by atoms with Crippen molar-refractivity contribution in [1.82, 2.24) is 29.4 Å². The number of sulfonamides is 1. The molecule has 0 N–H and O–H groups in total. The fraction of sp³-hybridized carbons (Fsp3) is 0.263. The van der Waals surface area contributed by atoms with Crippen molar-refractivity contribution in [2.24, 2.45) is 0 Å². The quantitative estimate of drug-likeness (QED) is 0.548. The zero-order valence-electron chi connectivity index (χ0n) is 16.3. The Morgan fingerprint density at radius 1 is 1.00 bits per heavy atom. The van der Waals surface area contributed by atoms with Gasteiger partial charge in [-0.05, 0) is 59.0 Å². The monoisotopic (exact) mass is 446 g/mol. The molecule has 12 heteroatoms. The lowest BCUT2D eigenvalue weighted by atomic mass is 10.3. The van der Waals surface area contributed by atoms with Crippen LogP contribution in [0.1, 0.15) is 0 Å². The second kappa shape index (κ2) is 8.78. The number of benzene rings is 2. The van der Waals surface area contributed by atoms with Gasteiger partial charge in [-0.15, -0.1) is 5.10 Å². The zero-order valence-corrected chi connectivity index (χ0v) is 17.2. The third kappa shape index (κ3) is 4.70. The van der Waals surface area contributed by atoms with Crippen molar-refractivity contribution >= 4 is 15.9 Å². The molecular formula is C19H19FN6O4S. The van der Waals surface area contributed by atoms with Crippen LogP contribution in [0.15, 0.2) is 59.8 Å². The van der Waals surface area contributed by atoms with E-state index in [-0.39, 0.29) is 43.6 Å². The third-order valence-electron chi connectivity index (χ3n) is 4.86. The number of rotatable bonds is 6. The van der Waals surface area contributed by atoms with E-state index in [1.807, 2.05) is 0 Å². The van der Waals surface area contributed by atoms with Crippen LogP contribution in [0.4, 0.5) is 4.39 Å². The summed E-state index contributed by atoms with van der Waals surface area (Å²) in [6.45, 7) is 0.662. The van der Waals surface area contributed by atoms with Gasteiger partial charge < -0.3 is 9.64 Å². The molecule has 1 aliphatic heterocycles. The SMILES string of the molecule is O=C(COc1ccc(-n2cnnn2)cc1)N1CCN(S(=O)(=O)c2ccc(F)cc2)CC1. The lowest BCUT2D eigenvalue weighted by molar-refractivity contribution is -0.134. The van der Waals surface area contributed by atoms with Gasteiger partial charge in [0.1, 0.15) is 17.9 Å². The van der Waals surface area contributed by atoms with Crippen molar-refractivity contribution < 1.29 is 22.3 Å². The second-order valence-electron chi connectivity index (χ2n) is 6.78. The lowest BCUT2D eigenvalue weighted by Crippen LogP contribution is -2.51. The molecule has 31 heavy (non-hydrogen) atoms. The summed E-state index contributed by atoms with van der Waals surface area (Å²) in [5, 5.41) is 10.9. The first-order valence-corrected chi connectivity index (χ1v) is 10.9. The molecule has 1 fully saturated rings. The van der Waals surface area contributed by atoms with Gasteiger partial charge in [0.25, 0.3) is 5.91 Å². The molecule has 10 nitrogen and oxygen atoms in total. The summed E-state index contributed by atoms with van der Waals surface area (Å²) in [5.74, 6) is -0.217. The molecule has 0 aliphatic carbocycles. The van der Waals surface area contributed by atoms with Gasteiger partial charge in [0.15, 0.2) is 6.61 Å². The molecule has 1 saturated heterocycles. The molecular weight excluding hydrogens is 427 g/mol. The van der Waals surface area contributed by atoms with Gasteiger partial charge in [-0.2, -0.15) is 4.31 Å². The number of halogens is 1. The molecule has 0 radical (unpaired) electrons. The van der Waals surface area contributed by atoms with E-state index in [9.17, 15) is 17.6 Å². The summed E-state index contributed by atoms with van der Waals surface area (Å²) in [7, 11) is -3.72. The maximum Gasteiger partial charge on any atom is 0.260 e. The number of carbonyl (C=O) groups is 1. The Bertz CT molecular complexity index is 1130. The number of ether oxygens (including phenoxy) is 1. The van der Waals surface area contributed by atoms with Crippen molar-refractivity contribution in [1.29, 1.82) is 0 Å². The average Bonchev–Trinajstić information content (AvgIpc) is 3.33. The van der Waals surface area contributed by atoms with Gasteiger partial charge in [-0.1, -0.05) is 0 Å². The van der Waals surface area contributed by atoms with Crippen molar-refractivity contribution in [2.75, 3.05) is 32.8 Å². The summed E-state index contributed by atoms with van der Waals surface area (Å²) in [6.07, 6.45) is 1.47. The molecule has 0 saturated carbocycles. The molecule has 162 valence electrons. The van der Waals surface area contributed by atoms with Crippen LogP contribution >= 0.6 is 0 Å². The third-order valence-corrected chi connectivity index (χ3v) is 6.77. The molecule has 3 aromatic rings. The number of nitrogens with zero attached hydrogens (tertiary/aromatic N) is 6. The summed E-state index contributed by atoms with van der Waals surface area (Å²) < 4.78 is 46.7. The lowest BCUT2D eigenvalue weighted by Gasteiger charge is -2.34. The summed E-state index contributed by atoms with van der Waals surface area (Å²) in [5.41, 5.74) is 0.752. The first-order chi connectivity index (χ1) is 14.9. The highest BCUT2D eigenvalue weighted by molar-refractivity contribution is 7.89. The molecule has 0 unspecified atom stereocenters. The van der Waals surface area contributed by atoms with E-state index in [1.165, 1.54) is 27.4 Å². The number of aromatic nitrogens is 4. The Kier molecular flexibility index (Phi) is 5.91. The van der Waals surface area contributed by atoms with Gasteiger partial charge >= 0.3 is 0 Å². The fourth-order valence-electron chi connectivity index (χ4n) is 3.14. The van der Waals surface area contributed by atoms with Crippen LogP contribution in [0.2, 0.25) is 0 Å². The number of amides is 1. The maximum absolute atomic E-state index is 13.1. The fourth-order valence-corrected chi connectivity index (χ4v) is 4.57. The van der Waals surface area contributed by atoms with Gasteiger partial charge in [0.2, 0.25) is 10.0 Å². The number of hydrogen-bond acceptors (Lipinski definition) is 7. The molecule has 4 rings (SSSR count). The topological polar surface area (TPSA) is 111 Å². The van der Waals surface area contributed by atoms with Crippen LogP contribution in [0, 0.1) is 5.82 Å². The maximum atomic E-state index is 13.1. The molecule has 0 bridgehead atoms. The summed E-state index contributed by atoms with van der Waals surface area (Å²) in [4.78, 5) is 14.0. The highest BCUT2D eigenvalue weighted by Gasteiger charge is 2.30. The Hall–Kier alpha value is -3.38. The molecule has 1 aromatic heterocycles. The standard InChI is InChI=1S/C19H19FN6O4S/c20-15-1-7-18(8-2-15)31(28,29)25-11-9-24(10-12-25)19(27)13-30-17-5-3-16(4-6-17)26-14-21-22-23-26/h1-8,14H,9-13H2. The second-order valence-corrected chi connectivity index (χ2v) is 8.71. The Morgan fingerprint density at radius 3 is 2.29 bits per heavy atom. The zero-order chi connectivity index (χ0) is 21.8. The largest absolute Gasteiger partial charge is 0.484 e. The van der Waals surface area contributed by atoms with E-state index in [0.29, 0.717) is 5.75 Å². The van der Waals surface area contributed by atoms with Crippen molar-refractivity contribution in [2.45, 2.75) is 4.90 Å². The van der Waals surface area contributed by atoms with Crippen LogP contribution < -0.4 is 4.74 Å². The molecule has 0 spiro atoms. The Labute approximate surface area is 177 Å². The molecule has 2 aromatic carbocycles. The molecule has 0 atom stereocenters. The molecule has 1 amide bonds.